The Morgan fingerprint density at radius 1 is 1.29 bits per heavy atom. The minimum atomic E-state index is -0.716. The molecule has 0 radical (unpaired) electrons. The smallest absolute Gasteiger partial charge is 0.240 e. The molecule has 3 N–H and O–H groups in total. The van der Waals surface area contributed by atoms with Crippen molar-refractivity contribution in [2.24, 2.45) is 5.73 Å². The molecule has 8 heteroatoms. The van der Waals surface area contributed by atoms with Gasteiger partial charge >= 0.3 is 0 Å². The van der Waals surface area contributed by atoms with E-state index in [-0.39, 0.29) is 43.1 Å². The van der Waals surface area contributed by atoms with E-state index in [0.717, 1.165) is 0 Å². The third-order valence-corrected chi connectivity index (χ3v) is 3.54. The molecule has 1 fully saturated rings. The number of carbonyl (C=O) groups excluding carboxylic acids is 1. The van der Waals surface area contributed by atoms with Crippen LogP contribution in [0.2, 0.25) is 0 Å². The van der Waals surface area contributed by atoms with Crippen LogP contribution in [0.15, 0.2) is 42.6 Å². The van der Waals surface area contributed by atoms with E-state index in [1.54, 1.807) is 30.5 Å². The highest BCUT2D eigenvalue weighted by Gasteiger charge is 2.45. The molecule has 130 valence electrons. The standard InChI is InChI=1S/C16H16FN3O2.2ClH/c17-12-4-1-5-13(9-12)22-14-11(3-2-8-19-14)10-20-15(21)16(18)6-7-16;;/h1-5,8-9H,6-7,10,18H2,(H,20,21);2*1H. The number of pyridine rings is 1. The summed E-state index contributed by atoms with van der Waals surface area (Å²) in [6.07, 6.45) is 2.99. The first-order chi connectivity index (χ1) is 10.6. The van der Waals surface area contributed by atoms with Gasteiger partial charge in [0.15, 0.2) is 0 Å². The minimum absolute atomic E-state index is 0. The van der Waals surface area contributed by atoms with E-state index in [0.29, 0.717) is 30.0 Å². The van der Waals surface area contributed by atoms with Crippen LogP contribution in [-0.4, -0.2) is 16.4 Å². The Morgan fingerprint density at radius 3 is 2.71 bits per heavy atom. The lowest BCUT2D eigenvalue weighted by Crippen LogP contribution is -2.42. The van der Waals surface area contributed by atoms with Crippen molar-refractivity contribution >= 4 is 30.7 Å². The predicted octanol–water partition coefficient (Wildman–Crippen LogP) is 2.96. The van der Waals surface area contributed by atoms with E-state index in [2.05, 4.69) is 10.3 Å². The van der Waals surface area contributed by atoms with Gasteiger partial charge in [-0.2, -0.15) is 0 Å². The summed E-state index contributed by atoms with van der Waals surface area (Å²) in [5, 5.41) is 2.78. The van der Waals surface area contributed by atoms with Gasteiger partial charge in [0.1, 0.15) is 11.6 Å². The second-order valence-corrected chi connectivity index (χ2v) is 5.37. The Balaban J connectivity index is 0.00000144. The lowest BCUT2D eigenvalue weighted by molar-refractivity contribution is -0.123. The monoisotopic (exact) mass is 373 g/mol. The predicted molar refractivity (Wildman–Crippen MR) is 93.2 cm³/mol. The van der Waals surface area contributed by atoms with Gasteiger partial charge in [0.2, 0.25) is 11.8 Å². The van der Waals surface area contributed by atoms with Gasteiger partial charge in [0, 0.05) is 24.4 Å². The topological polar surface area (TPSA) is 77.2 Å². The number of nitrogens with zero attached hydrogens (tertiary/aromatic N) is 1. The number of amides is 1. The van der Waals surface area contributed by atoms with E-state index in [9.17, 15) is 9.18 Å². The maximum absolute atomic E-state index is 13.2. The zero-order valence-electron chi connectivity index (χ0n) is 12.7. The molecule has 3 rings (SSSR count). The first kappa shape index (κ1) is 20.2. The summed E-state index contributed by atoms with van der Waals surface area (Å²) >= 11 is 0. The first-order valence-electron chi connectivity index (χ1n) is 7.01. The zero-order chi connectivity index (χ0) is 15.6. The average Bonchev–Trinajstić information content (AvgIpc) is 3.25. The Hall–Kier alpha value is -1.89. The van der Waals surface area contributed by atoms with Crippen LogP contribution in [0.1, 0.15) is 18.4 Å². The van der Waals surface area contributed by atoms with Crippen LogP contribution in [0.4, 0.5) is 4.39 Å². The maximum atomic E-state index is 13.2. The number of halogens is 3. The fourth-order valence-corrected chi connectivity index (χ4v) is 2.01. The van der Waals surface area contributed by atoms with Gasteiger partial charge in [-0.3, -0.25) is 4.79 Å². The summed E-state index contributed by atoms with van der Waals surface area (Å²) in [5.41, 5.74) is 5.81. The molecule has 0 bridgehead atoms. The van der Waals surface area contributed by atoms with Crippen molar-refractivity contribution < 1.29 is 13.9 Å². The Morgan fingerprint density at radius 2 is 2.04 bits per heavy atom. The molecule has 0 saturated heterocycles. The number of benzene rings is 1. The molecule has 1 amide bonds. The van der Waals surface area contributed by atoms with Crippen LogP contribution in [0.5, 0.6) is 11.6 Å². The molecule has 0 aliphatic heterocycles. The summed E-state index contributed by atoms with van der Waals surface area (Å²) < 4.78 is 18.8. The number of hydrogen-bond donors (Lipinski definition) is 2. The van der Waals surface area contributed by atoms with Crippen molar-refractivity contribution in [2.45, 2.75) is 24.9 Å². The minimum Gasteiger partial charge on any atom is -0.439 e. The summed E-state index contributed by atoms with van der Waals surface area (Å²) in [6, 6.07) is 9.34. The van der Waals surface area contributed by atoms with Crippen molar-refractivity contribution in [3.8, 4) is 11.6 Å². The molecule has 5 nitrogen and oxygen atoms in total. The molecule has 1 aliphatic rings. The molecule has 1 heterocycles. The average molecular weight is 374 g/mol. The van der Waals surface area contributed by atoms with Crippen molar-refractivity contribution in [1.82, 2.24) is 10.3 Å². The normalized spacial score (nSPS) is 13.9. The molecule has 0 spiro atoms. The lowest BCUT2D eigenvalue weighted by Gasteiger charge is -2.13. The molecular weight excluding hydrogens is 356 g/mol. The van der Waals surface area contributed by atoms with E-state index in [4.69, 9.17) is 10.5 Å². The number of carbonyl (C=O) groups is 1. The molecule has 24 heavy (non-hydrogen) atoms. The molecule has 1 aromatic heterocycles. The molecule has 1 saturated carbocycles. The summed E-state index contributed by atoms with van der Waals surface area (Å²) in [4.78, 5) is 16.0. The van der Waals surface area contributed by atoms with E-state index >= 15 is 0 Å². The molecular formula is C16H18Cl2FN3O2. The van der Waals surface area contributed by atoms with E-state index in [1.165, 1.54) is 12.1 Å². The van der Waals surface area contributed by atoms with Gasteiger partial charge in [-0.05, 0) is 31.0 Å². The number of nitrogens with two attached hydrogens (primary N) is 1. The van der Waals surface area contributed by atoms with E-state index in [1.807, 2.05) is 0 Å². The van der Waals surface area contributed by atoms with Crippen LogP contribution in [0, 0.1) is 5.82 Å². The number of ether oxygens (including phenoxy) is 1. The van der Waals surface area contributed by atoms with Crippen LogP contribution in [0.3, 0.4) is 0 Å². The summed E-state index contributed by atoms with van der Waals surface area (Å²) in [7, 11) is 0. The summed E-state index contributed by atoms with van der Waals surface area (Å²) in [5.74, 6) is 0.120. The Bertz CT molecular complexity index is 711. The number of hydrogen-bond acceptors (Lipinski definition) is 4. The van der Waals surface area contributed by atoms with Crippen molar-refractivity contribution in [1.29, 1.82) is 0 Å². The fourth-order valence-electron chi connectivity index (χ4n) is 2.01. The fraction of sp³-hybridized carbons (Fsp3) is 0.250. The highest BCUT2D eigenvalue weighted by atomic mass is 35.5. The van der Waals surface area contributed by atoms with Crippen molar-refractivity contribution in [3.05, 3.63) is 54.0 Å². The Labute approximate surface area is 151 Å². The van der Waals surface area contributed by atoms with Gasteiger partial charge in [-0.1, -0.05) is 12.1 Å². The van der Waals surface area contributed by atoms with E-state index < -0.39 is 5.54 Å². The van der Waals surface area contributed by atoms with Gasteiger partial charge < -0.3 is 15.8 Å². The SMILES string of the molecule is Cl.Cl.NC1(C(=O)NCc2cccnc2Oc2cccc(F)c2)CC1. The number of rotatable bonds is 5. The van der Waals surface area contributed by atoms with Crippen molar-refractivity contribution in [3.63, 3.8) is 0 Å². The van der Waals surface area contributed by atoms with Gasteiger partial charge in [-0.25, -0.2) is 9.37 Å². The third-order valence-electron chi connectivity index (χ3n) is 3.54. The number of aromatic nitrogens is 1. The van der Waals surface area contributed by atoms with Crippen LogP contribution >= 0.6 is 24.8 Å². The molecule has 1 aliphatic carbocycles. The molecule has 0 unspecified atom stereocenters. The lowest BCUT2D eigenvalue weighted by atomic mass is 10.2. The number of nitrogens with one attached hydrogen (secondary N) is 1. The van der Waals surface area contributed by atoms with Gasteiger partial charge in [-0.15, -0.1) is 24.8 Å². The van der Waals surface area contributed by atoms with Crippen LogP contribution < -0.4 is 15.8 Å². The molecule has 1 aromatic carbocycles. The third kappa shape index (κ3) is 4.80. The second kappa shape index (κ2) is 8.28. The van der Waals surface area contributed by atoms with Crippen LogP contribution in [-0.2, 0) is 11.3 Å². The molecule has 2 aromatic rings. The highest BCUT2D eigenvalue weighted by molar-refractivity contribution is 5.88. The Kier molecular flexibility index (Phi) is 6.95. The largest absolute Gasteiger partial charge is 0.439 e. The molecule has 0 atom stereocenters. The summed E-state index contributed by atoms with van der Waals surface area (Å²) in [6.45, 7) is 0.260. The van der Waals surface area contributed by atoms with Crippen LogP contribution in [0.25, 0.3) is 0 Å². The van der Waals surface area contributed by atoms with Crippen molar-refractivity contribution in [2.75, 3.05) is 0 Å². The second-order valence-electron chi connectivity index (χ2n) is 5.37. The maximum Gasteiger partial charge on any atom is 0.240 e. The highest BCUT2D eigenvalue weighted by Crippen LogP contribution is 2.32. The first-order valence-corrected chi connectivity index (χ1v) is 7.01. The zero-order valence-corrected chi connectivity index (χ0v) is 14.3. The quantitative estimate of drug-likeness (QED) is 0.844. The van der Waals surface area contributed by atoms with Gasteiger partial charge in [0.25, 0.3) is 0 Å². The van der Waals surface area contributed by atoms with Gasteiger partial charge in [0.05, 0.1) is 5.54 Å².